The molecule has 5 rings (SSSR count). The van der Waals surface area contributed by atoms with Crippen LogP contribution in [0.15, 0.2) is 160 Å². The first-order valence-electron chi connectivity index (χ1n) is 23.9. The molecule has 0 saturated carbocycles. The van der Waals surface area contributed by atoms with Gasteiger partial charge in [-0.3, -0.25) is 9.35 Å². The number of fused-ring (bicyclic) bond motifs is 2. The molecule has 0 radical (unpaired) electrons. The summed E-state index contributed by atoms with van der Waals surface area (Å²) in [7, 11) is -2.32. The number of nitrogens with zero attached hydrogens (tertiary/aromatic N) is 1. The van der Waals surface area contributed by atoms with Crippen LogP contribution in [0.25, 0.3) is 0 Å². The maximum atomic E-state index is 12.4. The highest BCUT2D eigenvalue weighted by Crippen LogP contribution is 2.43. The number of benzene rings is 1. The van der Waals surface area contributed by atoms with Gasteiger partial charge in [0.05, 0.1) is 18.8 Å². The van der Waals surface area contributed by atoms with E-state index in [1.807, 2.05) is 55.5 Å². The van der Waals surface area contributed by atoms with E-state index in [0.717, 1.165) is 53.5 Å². The highest BCUT2D eigenvalue weighted by molar-refractivity contribution is 7.80. The predicted molar refractivity (Wildman–Crippen MR) is 274 cm³/mol. The highest BCUT2D eigenvalue weighted by Gasteiger charge is 2.41. The van der Waals surface area contributed by atoms with Gasteiger partial charge >= 0.3 is 16.4 Å². The molecular formula is C57H79NO8S. The van der Waals surface area contributed by atoms with E-state index in [-0.39, 0.29) is 41.5 Å². The van der Waals surface area contributed by atoms with Crippen LogP contribution >= 0.6 is 0 Å². The Labute approximate surface area is 403 Å². The first-order chi connectivity index (χ1) is 31.5. The van der Waals surface area contributed by atoms with Crippen LogP contribution in [-0.2, 0) is 24.1 Å². The third-order valence-corrected chi connectivity index (χ3v) is 14.1. The van der Waals surface area contributed by atoms with Gasteiger partial charge in [-0.1, -0.05) is 183 Å². The summed E-state index contributed by atoms with van der Waals surface area (Å²) in [4.78, 5) is 14.8. The summed E-state index contributed by atoms with van der Waals surface area (Å²) in [5, 5.41) is 19.6. The SMILES string of the molecule is CC1=C[C@H](OS(=O)(=O)O)CC(C)(C)[C@H]1/C=C/C(C)=C/C=C/C(C)=C/C=C/C=C(C)/C=C/C=C(C)/C=C/C1=C(C)C[C@@H](O)CC1(C)C.CN1[C@@H]2CC[C@H]1C[C@@H](OC(=O)C(CO)c1ccccc1)C2. The van der Waals surface area contributed by atoms with Crippen molar-refractivity contribution in [3.05, 3.63) is 166 Å². The molecule has 10 heteroatoms. The molecule has 2 saturated heterocycles. The number of hydrogen-bond acceptors (Lipinski definition) is 8. The molecule has 9 nitrogen and oxygen atoms in total. The van der Waals surface area contributed by atoms with Crippen molar-refractivity contribution < 1.29 is 36.9 Å². The normalized spacial score (nSPS) is 27.0. The molecule has 366 valence electrons. The van der Waals surface area contributed by atoms with Crippen molar-refractivity contribution in [2.45, 2.75) is 150 Å². The number of ether oxygens (including phenoxy) is 1. The Morgan fingerprint density at radius 2 is 1.36 bits per heavy atom. The number of allylic oxidation sites excluding steroid dienone is 20. The highest BCUT2D eigenvalue weighted by atomic mass is 32.3. The van der Waals surface area contributed by atoms with Gasteiger partial charge in [0.1, 0.15) is 12.0 Å². The van der Waals surface area contributed by atoms with Crippen molar-refractivity contribution >= 4 is 16.4 Å². The van der Waals surface area contributed by atoms with Crippen molar-refractivity contribution in [1.29, 1.82) is 0 Å². The molecule has 2 aliphatic carbocycles. The van der Waals surface area contributed by atoms with Gasteiger partial charge < -0.3 is 19.8 Å². The minimum Gasteiger partial charge on any atom is -0.462 e. The number of aliphatic hydroxyl groups is 2. The molecule has 4 aliphatic rings. The fourth-order valence-electron chi connectivity index (χ4n) is 10.0. The predicted octanol–water partition coefficient (Wildman–Crippen LogP) is 12.2. The van der Waals surface area contributed by atoms with E-state index in [9.17, 15) is 23.4 Å². The lowest BCUT2D eigenvalue weighted by atomic mass is 9.67. The van der Waals surface area contributed by atoms with Gasteiger partial charge in [0, 0.05) is 18.0 Å². The molecule has 1 aromatic carbocycles. The van der Waals surface area contributed by atoms with Crippen LogP contribution in [0.1, 0.15) is 126 Å². The summed E-state index contributed by atoms with van der Waals surface area (Å²) in [6.07, 6.45) is 36.5. The first-order valence-corrected chi connectivity index (χ1v) is 25.2. The molecule has 2 heterocycles. The quantitative estimate of drug-likeness (QED) is 0.0641. The van der Waals surface area contributed by atoms with Crippen LogP contribution in [0.4, 0.5) is 0 Å². The zero-order valence-electron chi connectivity index (χ0n) is 42.0. The number of rotatable bonds is 16. The molecule has 7 atom stereocenters. The van der Waals surface area contributed by atoms with Crippen molar-refractivity contribution in [2.24, 2.45) is 16.7 Å². The topological polar surface area (TPSA) is 134 Å². The number of piperidine rings is 1. The summed E-state index contributed by atoms with van der Waals surface area (Å²) in [6, 6.07) is 10.5. The van der Waals surface area contributed by atoms with Crippen LogP contribution < -0.4 is 0 Å². The number of carbonyl (C=O) groups is 1. The molecule has 2 aliphatic heterocycles. The summed E-state index contributed by atoms with van der Waals surface area (Å²) in [6.45, 7) is 20.8. The first kappa shape index (κ1) is 55.2. The van der Waals surface area contributed by atoms with E-state index in [2.05, 4.69) is 141 Å². The number of carbonyl (C=O) groups excluding carboxylic acids is 1. The van der Waals surface area contributed by atoms with E-state index in [1.54, 1.807) is 6.08 Å². The van der Waals surface area contributed by atoms with Gasteiger partial charge in [-0.05, 0) is 116 Å². The molecule has 2 bridgehead atoms. The molecule has 0 spiro atoms. The molecular weight excluding hydrogens is 859 g/mol. The Morgan fingerprint density at radius 1 is 0.821 bits per heavy atom. The fraction of sp³-hybridized carbons (Fsp3) is 0.491. The molecule has 1 unspecified atom stereocenters. The lowest BCUT2D eigenvalue weighted by Gasteiger charge is -2.39. The second-order valence-corrected chi connectivity index (χ2v) is 21.5. The number of aliphatic hydroxyl groups excluding tert-OH is 2. The fourth-order valence-corrected chi connectivity index (χ4v) is 10.5. The van der Waals surface area contributed by atoms with E-state index in [4.69, 9.17) is 13.5 Å². The van der Waals surface area contributed by atoms with Crippen LogP contribution in [0, 0.1) is 16.7 Å². The zero-order valence-corrected chi connectivity index (χ0v) is 42.8. The van der Waals surface area contributed by atoms with E-state index >= 15 is 0 Å². The van der Waals surface area contributed by atoms with Gasteiger partial charge in [0.2, 0.25) is 0 Å². The third kappa shape index (κ3) is 17.9. The Bertz CT molecular complexity index is 2290. The Morgan fingerprint density at radius 3 is 1.88 bits per heavy atom. The molecule has 0 aromatic heterocycles. The Balaban J connectivity index is 0.000000383. The maximum absolute atomic E-state index is 12.4. The second kappa shape index (κ2) is 25.3. The molecule has 1 aromatic rings. The second-order valence-electron chi connectivity index (χ2n) is 20.4. The molecule has 2 fully saturated rings. The number of hydrogen-bond donors (Lipinski definition) is 3. The van der Waals surface area contributed by atoms with Gasteiger partial charge in [0.25, 0.3) is 0 Å². The lowest BCUT2D eigenvalue weighted by molar-refractivity contribution is -0.155. The average molecular weight is 938 g/mol. The van der Waals surface area contributed by atoms with Crippen LogP contribution in [0.5, 0.6) is 0 Å². The minimum absolute atomic E-state index is 0.00367. The van der Waals surface area contributed by atoms with Crippen LogP contribution in [0.2, 0.25) is 0 Å². The minimum atomic E-state index is -4.49. The summed E-state index contributed by atoms with van der Waals surface area (Å²) in [5.41, 5.74) is 8.78. The maximum Gasteiger partial charge on any atom is 0.397 e. The standard InChI is InChI=1S/C40H56O5S.C17H23NO3/c1-29(17-13-19-31(3)21-23-37-33(5)25-35(41)27-39(37,7)8)15-11-12-16-30(2)18-14-20-32(4)22-24-38-34(6)26-36(28-40(38,9)10)45-46(42,43)44;1-18-13-7-8-14(18)10-15(9-13)21-17(20)16(11-19)12-5-3-2-4-6-12/h11-24,26,35-36,38,41H,25,27-28H2,1-10H3,(H,42,43,44);2-6,13-16,19H,7-11H2,1H3/b12-11+,17-13+,18-14+,23-21+,24-22+,29-15+,30-16+,31-19+,32-20+;/t35-,36+,38+;13-,14+,15+,16?/m1./s1. The largest absolute Gasteiger partial charge is 0.462 e. The Hall–Kier alpha value is -4.42. The van der Waals surface area contributed by atoms with Crippen molar-refractivity contribution in [3.63, 3.8) is 0 Å². The smallest absolute Gasteiger partial charge is 0.397 e. The van der Waals surface area contributed by atoms with Gasteiger partial charge in [0.15, 0.2) is 0 Å². The van der Waals surface area contributed by atoms with Crippen molar-refractivity contribution in [2.75, 3.05) is 13.7 Å². The van der Waals surface area contributed by atoms with Crippen LogP contribution in [0.3, 0.4) is 0 Å². The molecule has 0 amide bonds. The Kier molecular flexibility index (Phi) is 20.8. The third-order valence-electron chi connectivity index (χ3n) is 13.6. The van der Waals surface area contributed by atoms with Crippen molar-refractivity contribution in [1.82, 2.24) is 4.90 Å². The molecule has 3 N–H and O–H groups in total. The molecule has 67 heavy (non-hydrogen) atoms. The number of esters is 1. The van der Waals surface area contributed by atoms with Crippen LogP contribution in [-0.4, -0.2) is 78.1 Å². The van der Waals surface area contributed by atoms with E-state index in [1.165, 1.54) is 29.6 Å². The van der Waals surface area contributed by atoms with E-state index in [0.29, 0.717) is 18.5 Å². The van der Waals surface area contributed by atoms with E-state index < -0.39 is 22.4 Å². The average Bonchev–Trinajstić information content (AvgIpc) is 3.40. The monoisotopic (exact) mass is 938 g/mol. The summed E-state index contributed by atoms with van der Waals surface area (Å²) < 4.78 is 41.9. The lowest BCUT2D eigenvalue weighted by Crippen LogP contribution is -2.43. The zero-order chi connectivity index (χ0) is 49.5. The van der Waals surface area contributed by atoms with Gasteiger partial charge in [-0.2, -0.15) is 8.42 Å². The van der Waals surface area contributed by atoms with Crippen molar-refractivity contribution in [3.8, 4) is 0 Å². The summed E-state index contributed by atoms with van der Waals surface area (Å²) in [5.74, 6) is -0.727. The summed E-state index contributed by atoms with van der Waals surface area (Å²) >= 11 is 0. The van der Waals surface area contributed by atoms with Gasteiger partial charge in [-0.15, -0.1) is 0 Å². The van der Waals surface area contributed by atoms with Gasteiger partial charge in [-0.25, -0.2) is 4.18 Å².